The number of anilines is 1. The van der Waals surface area contributed by atoms with Crippen LogP contribution in [-0.4, -0.2) is 29.8 Å². The summed E-state index contributed by atoms with van der Waals surface area (Å²) in [7, 11) is 0. The topological polar surface area (TPSA) is 49.4 Å². The molecule has 0 unspecified atom stereocenters. The van der Waals surface area contributed by atoms with Crippen molar-refractivity contribution in [3.8, 4) is 0 Å². The highest BCUT2D eigenvalue weighted by Crippen LogP contribution is 2.31. The second-order valence-electron chi connectivity index (χ2n) is 6.64. The maximum atomic E-state index is 12.8. The fraction of sp³-hybridized carbons (Fsp3) is 0.300. The van der Waals surface area contributed by atoms with Crippen molar-refractivity contribution in [1.29, 1.82) is 0 Å². The predicted octanol–water partition coefficient (Wildman–Crippen LogP) is 4.85. The smallest absolute Gasteiger partial charge is 0.339 e. The highest BCUT2D eigenvalue weighted by molar-refractivity contribution is 6.30. The van der Waals surface area contributed by atoms with E-state index in [0.29, 0.717) is 36.5 Å². The van der Waals surface area contributed by atoms with Gasteiger partial charge in [0.05, 0.1) is 5.56 Å². The van der Waals surface area contributed by atoms with Crippen molar-refractivity contribution in [2.75, 3.05) is 18.4 Å². The van der Waals surface area contributed by atoms with Crippen LogP contribution in [0, 0.1) is 5.92 Å². The number of carbonyl (C=O) groups is 2. The summed E-state index contributed by atoms with van der Waals surface area (Å²) in [5.41, 5.74) is -0.176. The summed E-state index contributed by atoms with van der Waals surface area (Å²) in [6.07, 6.45) is -3.57. The van der Waals surface area contributed by atoms with Gasteiger partial charge in [-0.15, -0.1) is 0 Å². The number of alkyl halides is 3. The third kappa shape index (κ3) is 4.84. The molecule has 8 heteroatoms. The summed E-state index contributed by atoms with van der Waals surface area (Å²) in [5, 5.41) is 3.09. The minimum absolute atomic E-state index is 0.111. The normalized spacial score (nSPS) is 15.4. The largest absolute Gasteiger partial charge is 0.416 e. The Morgan fingerprint density at radius 1 is 1.04 bits per heavy atom. The van der Waals surface area contributed by atoms with Gasteiger partial charge in [0.2, 0.25) is 5.91 Å². The van der Waals surface area contributed by atoms with Crippen LogP contribution in [0.15, 0.2) is 48.5 Å². The van der Waals surface area contributed by atoms with Gasteiger partial charge >= 0.3 is 6.18 Å². The van der Waals surface area contributed by atoms with E-state index >= 15 is 0 Å². The summed E-state index contributed by atoms with van der Waals surface area (Å²) in [6.45, 7) is 0.810. The molecule has 2 aromatic carbocycles. The highest BCUT2D eigenvalue weighted by Gasteiger charge is 2.31. The third-order valence-corrected chi connectivity index (χ3v) is 4.95. The Morgan fingerprint density at radius 3 is 2.29 bits per heavy atom. The zero-order chi connectivity index (χ0) is 20.3. The standard InChI is InChI=1S/C20H18ClF3N2O2/c21-16-6-4-14(5-7-16)19(28)26-10-8-13(9-11-26)18(27)25-17-3-1-2-15(12-17)20(22,23)24/h1-7,12-13H,8-11H2,(H,25,27). The van der Waals surface area contributed by atoms with Crippen molar-refractivity contribution < 1.29 is 22.8 Å². The first-order chi connectivity index (χ1) is 13.2. The summed E-state index contributed by atoms with van der Waals surface area (Å²) < 4.78 is 38.3. The molecule has 0 bridgehead atoms. The van der Waals surface area contributed by atoms with Crippen LogP contribution in [0.3, 0.4) is 0 Å². The van der Waals surface area contributed by atoms with Gasteiger partial charge in [-0.3, -0.25) is 9.59 Å². The molecule has 1 saturated heterocycles. The first-order valence-electron chi connectivity index (χ1n) is 8.77. The van der Waals surface area contributed by atoms with Gasteiger partial charge in [-0.25, -0.2) is 0 Å². The molecule has 4 nitrogen and oxygen atoms in total. The Morgan fingerprint density at radius 2 is 1.68 bits per heavy atom. The van der Waals surface area contributed by atoms with Gasteiger partial charge in [-0.2, -0.15) is 13.2 Å². The van der Waals surface area contributed by atoms with Gasteiger partial charge in [0.25, 0.3) is 5.91 Å². The van der Waals surface area contributed by atoms with Crippen LogP contribution in [-0.2, 0) is 11.0 Å². The first kappa shape index (κ1) is 20.2. The summed E-state index contributed by atoms with van der Waals surface area (Å²) >= 11 is 5.83. The minimum Gasteiger partial charge on any atom is -0.339 e. The number of benzene rings is 2. The molecular weight excluding hydrogens is 393 g/mol. The number of carbonyl (C=O) groups excluding carboxylic acids is 2. The Balaban J connectivity index is 1.57. The monoisotopic (exact) mass is 410 g/mol. The van der Waals surface area contributed by atoms with Gasteiger partial charge in [0.15, 0.2) is 0 Å². The van der Waals surface area contributed by atoms with Gasteiger partial charge < -0.3 is 10.2 Å². The molecule has 3 rings (SSSR count). The fourth-order valence-electron chi connectivity index (χ4n) is 3.14. The Hall–Kier alpha value is -2.54. The van der Waals surface area contributed by atoms with Crippen LogP contribution >= 0.6 is 11.6 Å². The zero-order valence-corrected chi connectivity index (χ0v) is 15.6. The van der Waals surface area contributed by atoms with E-state index in [1.807, 2.05) is 0 Å². The van der Waals surface area contributed by atoms with E-state index < -0.39 is 11.7 Å². The van der Waals surface area contributed by atoms with E-state index in [0.717, 1.165) is 12.1 Å². The molecule has 0 radical (unpaired) electrons. The molecule has 2 aromatic rings. The van der Waals surface area contributed by atoms with Crippen LogP contribution in [0.1, 0.15) is 28.8 Å². The van der Waals surface area contributed by atoms with Crippen molar-refractivity contribution in [3.05, 3.63) is 64.7 Å². The SMILES string of the molecule is O=C(Nc1cccc(C(F)(F)F)c1)C1CCN(C(=O)c2ccc(Cl)cc2)CC1. The molecule has 1 heterocycles. The van der Waals surface area contributed by atoms with Gasteiger partial charge in [0.1, 0.15) is 0 Å². The maximum absolute atomic E-state index is 12.8. The molecule has 0 saturated carbocycles. The summed E-state index contributed by atoms with van der Waals surface area (Å²) in [5.74, 6) is -0.824. The van der Waals surface area contributed by atoms with Crippen molar-refractivity contribution >= 4 is 29.1 Å². The Bertz CT molecular complexity index is 860. The minimum atomic E-state index is -4.46. The number of nitrogens with one attached hydrogen (secondary N) is 1. The number of likely N-dealkylation sites (tertiary alicyclic amines) is 1. The molecule has 1 aliphatic heterocycles. The van der Waals surface area contributed by atoms with Crippen LogP contribution in [0.2, 0.25) is 5.02 Å². The third-order valence-electron chi connectivity index (χ3n) is 4.70. The predicted molar refractivity (Wildman–Crippen MR) is 100 cm³/mol. The molecule has 1 fully saturated rings. The molecule has 28 heavy (non-hydrogen) atoms. The molecule has 0 aromatic heterocycles. The zero-order valence-electron chi connectivity index (χ0n) is 14.8. The van der Waals surface area contributed by atoms with Crippen LogP contribution < -0.4 is 5.32 Å². The van der Waals surface area contributed by atoms with E-state index in [1.54, 1.807) is 29.2 Å². The van der Waals surface area contributed by atoms with Gasteiger partial charge in [-0.05, 0) is 55.3 Å². The van der Waals surface area contributed by atoms with Gasteiger partial charge in [-0.1, -0.05) is 17.7 Å². The molecule has 1 aliphatic rings. The molecular formula is C20H18ClF3N2O2. The quantitative estimate of drug-likeness (QED) is 0.786. The lowest BCUT2D eigenvalue weighted by Gasteiger charge is -2.31. The second-order valence-corrected chi connectivity index (χ2v) is 7.08. The molecule has 0 aliphatic carbocycles. The van der Waals surface area contributed by atoms with Crippen LogP contribution in [0.5, 0.6) is 0 Å². The summed E-state index contributed by atoms with van der Waals surface area (Å²) in [4.78, 5) is 26.6. The lowest BCUT2D eigenvalue weighted by Crippen LogP contribution is -2.41. The molecule has 0 atom stereocenters. The van der Waals surface area contributed by atoms with E-state index in [1.165, 1.54) is 12.1 Å². The Labute approximate surface area is 165 Å². The van der Waals surface area contributed by atoms with E-state index in [4.69, 9.17) is 11.6 Å². The molecule has 148 valence electrons. The number of rotatable bonds is 3. The summed E-state index contributed by atoms with van der Waals surface area (Å²) in [6, 6.07) is 11.1. The molecule has 0 spiro atoms. The lowest BCUT2D eigenvalue weighted by atomic mass is 9.95. The Kier molecular flexibility index (Phi) is 5.93. The van der Waals surface area contributed by atoms with Crippen molar-refractivity contribution in [3.63, 3.8) is 0 Å². The van der Waals surface area contributed by atoms with E-state index in [9.17, 15) is 22.8 Å². The average Bonchev–Trinajstić information content (AvgIpc) is 2.68. The first-order valence-corrected chi connectivity index (χ1v) is 9.15. The van der Waals surface area contributed by atoms with Crippen molar-refractivity contribution in [1.82, 2.24) is 4.90 Å². The number of amides is 2. The lowest BCUT2D eigenvalue weighted by molar-refractivity contribution is -0.137. The van der Waals surface area contributed by atoms with Crippen LogP contribution in [0.4, 0.5) is 18.9 Å². The van der Waals surface area contributed by atoms with E-state index in [-0.39, 0.29) is 23.4 Å². The van der Waals surface area contributed by atoms with Crippen molar-refractivity contribution in [2.45, 2.75) is 19.0 Å². The molecule has 2 amide bonds. The maximum Gasteiger partial charge on any atom is 0.416 e. The number of halogens is 4. The number of nitrogens with zero attached hydrogens (tertiary/aromatic N) is 1. The van der Waals surface area contributed by atoms with Gasteiger partial charge in [0, 0.05) is 35.3 Å². The average molecular weight is 411 g/mol. The molecule has 1 N–H and O–H groups in total. The number of hydrogen-bond acceptors (Lipinski definition) is 2. The second kappa shape index (κ2) is 8.22. The fourth-order valence-corrected chi connectivity index (χ4v) is 3.26. The van der Waals surface area contributed by atoms with Crippen LogP contribution in [0.25, 0.3) is 0 Å². The number of piperidine rings is 1. The number of hydrogen-bond donors (Lipinski definition) is 1. The van der Waals surface area contributed by atoms with Crippen molar-refractivity contribution in [2.24, 2.45) is 5.92 Å². The highest BCUT2D eigenvalue weighted by atomic mass is 35.5. The van der Waals surface area contributed by atoms with E-state index in [2.05, 4.69) is 5.32 Å².